The fraction of sp³-hybridized carbons (Fsp3) is 0.0870. The highest BCUT2D eigenvalue weighted by Crippen LogP contribution is 2.28. The van der Waals surface area contributed by atoms with Crippen LogP contribution in [-0.2, 0) is 4.79 Å². The second kappa shape index (κ2) is 9.15. The predicted molar refractivity (Wildman–Crippen MR) is 122 cm³/mol. The van der Waals surface area contributed by atoms with E-state index in [1.165, 1.54) is 11.8 Å². The van der Waals surface area contributed by atoms with E-state index in [9.17, 15) is 4.79 Å². The first-order valence-electron chi connectivity index (χ1n) is 9.36. The number of thioether (sulfide) groups is 1. The van der Waals surface area contributed by atoms with E-state index in [0.29, 0.717) is 15.9 Å². The molecule has 30 heavy (non-hydrogen) atoms. The maximum Gasteiger partial charge on any atom is 0.234 e. The van der Waals surface area contributed by atoms with Crippen molar-refractivity contribution in [3.05, 3.63) is 89.4 Å². The van der Waals surface area contributed by atoms with Crippen LogP contribution in [0.4, 0.5) is 5.69 Å². The zero-order valence-electron chi connectivity index (χ0n) is 16.2. The number of aryl methyl sites for hydroxylation is 1. The first-order valence-corrected chi connectivity index (χ1v) is 10.7. The number of para-hydroxylation sites is 1. The average Bonchev–Trinajstić information content (AvgIpc) is 3.19. The third-order valence-electron chi connectivity index (χ3n) is 4.38. The van der Waals surface area contributed by atoms with Crippen LogP contribution in [0.3, 0.4) is 0 Å². The molecule has 0 unspecified atom stereocenters. The van der Waals surface area contributed by atoms with E-state index in [2.05, 4.69) is 21.6 Å². The van der Waals surface area contributed by atoms with Gasteiger partial charge in [0.15, 0.2) is 11.0 Å². The lowest BCUT2D eigenvalue weighted by Gasteiger charge is -2.11. The first-order chi connectivity index (χ1) is 14.6. The van der Waals surface area contributed by atoms with E-state index in [4.69, 9.17) is 11.6 Å². The zero-order valence-corrected chi connectivity index (χ0v) is 17.8. The van der Waals surface area contributed by atoms with Gasteiger partial charge in [-0.25, -0.2) is 0 Å². The molecule has 4 aromatic rings. The summed E-state index contributed by atoms with van der Waals surface area (Å²) in [6, 6.07) is 25.1. The Morgan fingerprint density at radius 1 is 1.00 bits per heavy atom. The lowest BCUT2D eigenvalue weighted by Crippen LogP contribution is -2.14. The molecule has 0 aliphatic heterocycles. The molecule has 4 rings (SSSR count). The molecule has 0 bridgehead atoms. The number of nitrogens with one attached hydrogen (secondary N) is 1. The molecule has 0 saturated carbocycles. The largest absolute Gasteiger partial charge is 0.325 e. The van der Waals surface area contributed by atoms with Crippen LogP contribution in [0.5, 0.6) is 0 Å². The molecule has 0 aliphatic carbocycles. The summed E-state index contributed by atoms with van der Waals surface area (Å²) in [4.78, 5) is 12.4. The summed E-state index contributed by atoms with van der Waals surface area (Å²) in [6.45, 7) is 2.05. The Morgan fingerprint density at radius 2 is 1.77 bits per heavy atom. The minimum Gasteiger partial charge on any atom is -0.325 e. The second-order valence-electron chi connectivity index (χ2n) is 6.69. The summed E-state index contributed by atoms with van der Waals surface area (Å²) in [5.74, 6) is 0.828. The Labute approximate surface area is 184 Å². The number of carbonyl (C=O) groups excluding carboxylic acids is 1. The molecule has 0 spiro atoms. The van der Waals surface area contributed by atoms with Crippen molar-refractivity contribution in [2.45, 2.75) is 12.1 Å². The van der Waals surface area contributed by atoms with Crippen molar-refractivity contribution in [1.29, 1.82) is 0 Å². The van der Waals surface area contributed by atoms with Crippen molar-refractivity contribution in [2.75, 3.05) is 11.1 Å². The summed E-state index contributed by atoms with van der Waals surface area (Å²) in [6.07, 6.45) is 0. The molecule has 3 aromatic carbocycles. The van der Waals surface area contributed by atoms with Gasteiger partial charge in [-0.3, -0.25) is 9.36 Å². The molecular weight excluding hydrogens is 416 g/mol. The summed E-state index contributed by atoms with van der Waals surface area (Å²) in [5.41, 5.74) is 3.77. The van der Waals surface area contributed by atoms with Gasteiger partial charge in [-0.15, -0.1) is 10.2 Å². The van der Waals surface area contributed by atoms with Gasteiger partial charge >= 0.3 is 0 Å². The van der Waals surface area contributed by atoms with E-state index in [1.807, 2.05) is 60.0 Å². The third kappa shape index (κ3) is 4.72. The van der Waals surface area contributed by atoms with Gasteiger partial charge in [0.25, 0.3) is 0 Å². The molecule has 1 N–H and O–H groups in total. The molecule has 0 radical (unpaired) electrons. The van der Waals surface area contributed by atoms with Crippen molar-refractivity contribution in [1.82, 2.24) is 14.8 Å². The maximum absolute atomic E-state index is 12.4. The quantitative estimate of drug-likeness (QED) is 0.400. The summed E-state index contributed by atoms with van der Waals surface area (Å²) < 4.78 is 1.98. The van der Waals surface area contributed by atoms with E-state index in [-0.39, 0.29) is 11.7 Å². The van der Waals surface area contributed by atoms with Crippen molar-refractivity contribution in [3.63, 3.8) is 0 Å². The number of aromatic nitrogens is 3. The number of nitrogens with zero attached hydrogens (tertiary/aromatic N) is 3. The molecule has 0 aliphatic rings. The molecule has 0 saturated heterocycles. The van der Waals surface area contributed by atoms with Gasteiger partial charge in [0.2, 0.25) is 5.91 Å². The van der Waals surface area contributed by atoms with Gasteiger partial charge in [0.05, 0.1) is 5.75 Å². The highest BCUT2D eigenvalue weighted by molar-refractivity contribution is 7.99. The van der Waals surface area contributed by atoms with Crippen LogP contribution in [0.25, 0.3) is 17.1 Å². The predicted octanol–water partition coefficient (Wildman–Crippen LogP) is 5.63. The Morgan fingerprint density at radius 3 is 2.50 bits per heavy atom. The lowest BCUT2D eigenvalue weighted by molar-refractivity contribution is -0.113. The minimum atomic E-state index is -0.123. The molecular formula is C23H19ClN4OS. The lowest BCUT2D eigenvalue weighted by atomic mass is 10.1. The SMILES string of the molecule is Cc1cccc(-c2nnc(SCC(=O)Nc3ccc(Cl)cc3)n2-c2ccccc2)c1. The number of rotatable bonds is 6. The van der Waals surface area contributed by atoms with E-state index in [1.54, 1.807) is 24.3 Å². The molecule has 5 nitrogen and oxygen atoms in total. The Kier molecular flexibility index (Phi) is 6.16. The monoisotopic (exact) mass is 434 g/mol. The van der Waals surface area contributed by atoms with Gasteiger partial charge in [0.1, 0.15) is 0 Å². The van der Waals surface area contributed by atoms with Crippen molar-refractivity contribution in [2.24, 2.45) is 0 Å². The van der Waals surface area contributed by atoms with Gasteiger partial charge in [-0.05, 0) is 49.4 Å². The van der Waals surface area contributed by atoms with E-state index >= 15 is 0 Å². The molecule has 0 atom stereocenters. The standard InChI is InChI=1S/C23H19ClN4OS/c1-16-6-5-7-17(14-16)22-26-27-23(28(22)20-8-3-2-4-9-20)30-15-21(29)25-19-12-10-18(24)11-13-19/h2-14H,15H2,1H3,(H,25,29). The number of amides is 1. The first kappa shape index (κ1) is 20.2. The molecule has 1 amide bonds. The number of benzene rings is 3. The molecule has 150 valence electrons. The summed E-state index contributed by atoms with van der Waals surface area (Å²) in [7, 11) is 0. The Hall–Kier alpha value is -3.09. The van der Waals surface area contributed by atoms with E-state index in [0.717, 1.165) is 22.6 Å². The summed E-state index contributed by atoms with van der Waals surface area (Å²) in [5, 5.41) is 12.9. The maximum atomic E-state index is 12.4. The topological polar surface area (TPSA) is 59.8 Å². The normalized spacial score (nSPS) is 10.7. The van der Waals surface area contributed by atoms with Gasteiger partial charge in [-0.2, -0.15) is 0 Å². The van der Waals surface area contributed by atoms with Crippen LogP contribution in [0.2, 0.25) is 5.02 Å². The van der Waals surface area contributed by atoms with Crippen LogP contribution in [0.1, 0.15) is 5.56 Å². The zero-order chi connectivity index (χ0) is 20.9. The third-order valence-corrected chi connectivity index (χ3v) is 5.57. The number of carbonyl (C=O) groups is 1. The van der Waals surface area contributed by atoms with Gasteiger partial charge < -0.3 is 5.32 Å². The Bertz CT molecular complexity index is 1160. The fourth-order valence-electron chi connectivity index (χ4n) is 3.00. The second-order valence-corrected chi connectivity index (χ2v) is 8.07. The molecule has 1 aromatic heterocycles. The number of hydrogen-bond acceptors (Lipinski definition) is 4. The summed E-state index contributed by atoms with van der Waals surface area (Å²) >= 11 is 7.24. The average molecular weight is 435 g/mol. The minimum absolute atomic E-state index is 0.123. The highest BCUT2D eigenvalue weighted by atomic mass is 35.5. The van der Waals surface area contributed by atoms with Crippen LogP contribution in [0.15, 0.2) is 84.0 Å². The van der Waals surface area contributed by atoms with Crippen LogP contribution < -0.4 is 5.32 Å². The van der Waals surface area contributed by atoms with Crippen molar-refractivity contribution >= 4 is 35.0 Å². The highest BCUT2D eigenvalue weighted by Gasteiger charge is 2.17. The van der Waals surface area contributed by atoms with Gasteiger partial charge in [0, 0.05) is 22.0 Å². The smallest absolute Gasteiger partial charge is 0.234 e. The number of anilines is 1. The Balaban J connectivity index is 1.58. The number of hydrogen-bond donors (Lipinski definition) is 1. The van der Waals surface area contributed by atoms with Crippen LogP contribution in [-0.4, -0.2) is 26.4 Å². The number of halogens is 1. The molecule has 0 fully saturated rings. The van der Waals surface area contributed by atoms with Crippen molar-refractivity contribution in [3.8, 4) is 17.1 Å². The van der Waals surface area contributed by atoms with E-state index < -0.39 is 0 Å². The van der Waals surface area contributed by atoms with Gasteiger partial charge in [-0.1, -0.05) is 65.3 Å². The fourth-order valence-corrected chi connectivity index (χ4v) is 3.88. The van der Waals surface area contributed by atoms with Crippen LogP contribution in [0, 0.1) is 6.92 Å². The van der Waals surface area contributed by atoms with Crippen LogP contribution >= 0.6 is 23.4 Å². The van der Waals surface area contributed by atoms with Crippen molar-refractivity contribution < 1.29 is 4.79 Å². The molecule has 7 heteroatoms. The molecule has 1 heterocycles.